The van der Waals surface area contributed by atoms with Crippen LogP contribution in [-0.2, 0) is 0 Å². The Morgan fingerprint density at radius 1 is 1.20 bits per heavy atom. The van der Waals surface area contributed by atoms with Crippen molar-refractivity contribution in [3.63, 3.8) is 0 Å². The molecule has 1 aromatic carbocycles. The monoisotopic (exact) mass is 327 g/mol. The number of piperidine rings is 1. The summed E-state index contributed by atoms with van der Waals surface area (Å²) in [6, 6.07) is 8.36. The summed E-state index contributed by atoms with van der Waals surface area (Å²) in [6.07, 6.45) is 2.45. The van der Waals surface area contributed by atoms with Crippen molar-refractivity contribution < 1.29 is 0 Å². The molecule has 3 nitrogen and oxygen atoms in total. The highest BCUT2D eigenvalue weighted by atomic mass is 35.5. The Morgan fingerprint density at radius 3 is 2.70 bits per heavy atom. The third-order valence-electron chi connectivity index (χ3n) is 3.34. The molecule has 3 rings (SSSR count). The van der Waals surface area contributed by atoms with Crippen molar-refractivity contribution in [1.29, 1.82) is 0 Å². The zero-order valence-electron chi connectivity index (χ0n) is 11.3. The zero-order valence-corrected chi connectivity index (χ0v) is 13.8. The minimum absolute atomic E-state index is 0. The SMILES string of the molecule is Cc1ccccc1-c1nnc(SC2CCNCC2)s1.Cl. The maximum atomic E-state index is 4.34. The van der Waals surface area contributed by atoms with E-state index in [-0.39, 0.29) is 12.4 Å². The quantitative estimate of drug-likeness (QED) is 0.931. The van der Waals surface area contributed by atoms with Crippen molar-refractivity contribution >= 4 is 35.5 Å². The van der Waals surface area contributed by atoms with Gasteiger partial charge in [0.2, 0.25) is 0 Å². The van der Waals surface area contributed by atoms with E-state index in [9.17, 15) is 0 Å². The zero-order chi connectivity index (χ0) is 13.1. The number of hydrogen-bond donors (Lipinski definition) is 1. The van der Waals surface area contributed by atoms with Crippen LogP contribution in [0, 0.1) is 6.92 Å². The highest BCUT2D eigenvalue weighted by Crippen LogP contribution is 2.35. The molecule has 1 saturated heterocycles. The smallest absolute Gasteiger partial charge is 0.174 e. The number of thioether (sulfide) groups is 1. The number of aryl methyl sites for hydroxylation is 1. The average molecular weight is 328 g/mol. The van der Waals surface area contributed by atoms with Crippen LogP contribution in [0.3, 0.4) is 0 Å². The van der Waals surface area contributed by atoms with Crippen LogP contribution in [0.4, 0.5) is 0 Å². The maximum absolute atomic E-state index is 4.34. The number of aromatic nitrogens is 2. The van der Waals surface area contributed by atoms with E-state index in [1.54, 1.807) is 11.3 Å². The van der Waals surface area contributed by atoms with Gasteiger partial charge in [0.05, 0.1) is 0 Å². The molecular weight excluding hydrogens is 310 g/mol. The van der Waals surface area contributed by atoms with E-state index < -0.39 is 0 Å². The summed E-state index contributed by atoms with van der Waals surface area (Å²) in [7, 11) is 0. The van der Waals surface area contributed by atoms with Gasteiger partial charge < -0.3 is 5.32 Å². The van der Waals surface area contributed by atoms with Crippen LogP contribution in [0.1, 0.15) is 18.4 Å². The molecule has 108 valence electrons. The van der Waals surface area contributed by atoms with Crippen molar-refractivity contribution in [3.05, 3.63) is 29.8 Å². The van der Waals surface area contributed by atoms with Crippen molar-refractivity contribution in [2.75, 3.05) is 13.1 Å². The van der Waals surface area contributed by atoms with Crippen LogP contribution < -0.4 is 5.32 Å². The predicted molar refractivity (Wildman–Crippen MR) is 89.1 cm³/mol. The molecule has 1 aliphatic rings. The Balaban J connectivity index is 0.00000147. The molecule has 0 radical (unpaired) electrons. The standard InChI is InChI=1S/C14H17N3S2.ClH/c1-10-4-2-3-5-12(10)13-16-17-14(19-13)18-11-6-8-15-9-7-11;/h2-5,11,15H,6-9H2,1H3;1H. The average Bonchev–Trinajstić information content (AvgIpc) is 2.89. The van der Waals surface area contributed by atoms with Gasteiger partial charge in [-0.3, -0.25) is 0 Å². The van der Waals surface area contributed by atoms with Crippen LogP contribution in [0.25, 0.3) is 10.6 Å². The predicted octanol–water partition coefficient (Wildman–Crippen LogP) is 3.78. The van der Waals surface area contributed by atoms with Crippen LogP contribution in [0.15, 0.2) is 28.6 Å². The van der Waals surface area contributed by atoms with Gasteiger partial charge in [0.1, 0.15) is 5.01 Å². The second kappa shape index (κ2) is 7.41. The largest absolute Gasteiger partial charge is 0.317 e. The normalized spacial score (nSPS) is 15.8. The second-order valence-corrected chi connectivity index (χ2v) is 7.28. The summed E-state index contributed by atoms with van der Waals surface area (Å²) in [6.45, 7) is 4.37. The molecule has 0 unspecified atom stereocenters. The van der Waals surface area contributed by atoms with Crippen LogP contribution in [0.5, 0.6) is 0 Å². The Labute approximate surface area is 134 Å². The Bertz CT molecular complexity index is 553. The summed E-state index contributed by atoms with van der Waals surface area (Å²) < 4.78 is 1.10. The minimum Gasteiger partial charge on any atom is -0.317 e. The lowest BCUT2D eigenvalue weighted by Crippen LogP contribution is -2.29. The van der Waals surface area contributed by atoms with Crippen molar-refractivity contribution in [3.8, 4) is 10.6 Å². The van der Waals surface area contributed by atoms with Crippen molar-refractivity contribution in [2.24, 2.45) is 0 Å². The highest BCUT2D eigenvalue weighted by molar-refractivity contribution is 8.01. The topological polar surface area (TPSA) is 37.8 Å². The van der Waals surface area contributed by atoms with Gasteiger partial charge in [0.25, 0.3) is 0 Å². The highest BCUT2D eigenvalue weighted by Gasteiger charge is 2.17. The van der Waals surface area contributed by atoms with E-state index in [2.05, 4.69) is 46.7 Å². The maximum Gasteiger partial charge on any atom is 0.174 e. The van der Waals surface area contributed by atoms with Gasteiger partial charge in [0.15, 0.2) is 4.34 Å². The van der Waals surface area contributed by atoms with E-state index in [4.69, 9.17) is 0 Å². The third-order valence-corrected chi connectivity index (χ3v) is 5.71. The Morgan fingerprint density at radius 2 is 1.95 bits per heavy atom. The van der Waals surface area contributed by atoms with Crippen molar-refractivity contribution in [2.45, 2.75) is 29.4 Å². The first kappa shape index (κ1) is 15.8. The van der Waals surface area contributed by atoms with E-state index in [1.165, 1.54) is 24.0 Å². The summed E-state index contributed by atoms with van der Waals surface area (Å²) >= 11 is 3.60. The number of hydrogen-bond acceptors (Lipinski definition) is 5. The first-order chi connectivity index (χ1) is 9.33. The fraction of sp³-hybridized carbons (Fsp3) is 0.429. The van der Waals surface area contributed by atoms with Crippen molar-refractivity contribution in [1.82, 2.24) is 15.5 Å². The molecule has 20 heavy (non-hydrogen) atoms. The van der Waals surface area contributed by atoms with Crippen LogP contribution >= 0.6 is 35.5 Å². The van der Waals surface area contributed by atoms with Gasteiger partial charge in [-0.15, -0.1) is 22.6 Å². The lowest BCUT2D eigenvalue weighted by molar-refractivity contribution is 0.531. The number of nitrogens with one attached hydrogen (secondary N) is 1. The molecule has 0 spiro atoms. The molecule has 0 amide bonds. The van der Waals surface area contributed by atoms with E-state index in [0.29, 0.717) is 5.25 Å². The minimum atomic E-state index is 0. The van der Waals surface area contributed by atoms with E-state index in [0.717, 1.165) is 22.4 Å². The number of nitrogens with zero attached hydrogens (tertiary/aromatic N) is 2. The van der Waals surface area contributed by atoms with Gasteiger partial charge in [-0.1, -0.05) is 47.4 Å². The van der Waals surface area contributed by atoms with E-state index >= 15 is 0 Å². The van der Waals surface area contributed by atoms with Gasteiger partial charge >= 0.3 is 0 Å². The lowest BCUT2D eigenvalue weighted by atomic mass is 10.1. The molecule has 0 aliphatic carbocycles. The summed E-state index contributed by atoms with van der Waals surface area (Å²) in [4.78, 5) is 0. The summed E-state index contributed by atoms with van der Waals surface area (Å²) in [5.74, 6) is 0. The molecule has 1 aliphatic heterocycles. The number of benzene rings is 1. The summed E-state index contributed by atoms with van der Waals surface area (Å²) in [5.41, 5.74) is 2.47. The molecule has 0 bridgehead atoms. The fourth-order valence-electron chi connectivity index (χ4n) is 2.23. The van der Waals surface area contributed by atoms with Gasteiger partial charge in [-0.25, -0.2) is 0 Å². The first-order valence-corrected chi connectivity index (χ1v) is 8.29. The van der Waals surface area contributed by atoms with Crippen LogP contribution in [-0.4, -0.2) is 28.5 Å². The lowest BCUT2D eigenvalue weighted by Gasteiger charge is -2.20. The molecule has 0 atom stereocenters. The molecule has 6 heteroatoms. The Kier molecular flexibility index (Phi) is 5.84. The van der Waals surface area contributed by atoms with Gasteiger partial charge in [-0.05, 0) is 38.4 Å². The van der Waals surface area contributed by atoms with Gasteiger partial charge in [0, 0.05) is 10.8 Å². The number of rotatable bonds is 3. The molecule has 2 aromatic rings. The second-order valence-electron chi connectivity index (χ2n) is 4.76. The Hall–Kier alpha value is -0.620. The molecule has 1 fully saturated rings. The molecular formula is C14H18ClN3S2. The van der Waals surface area contributed by atoms with E-state index in [1.807, 2.05) is 11.8 Å². The molecule has 1 N–H and O–H groups in total. The molecule has 0 saturated carbocycles. The first-order valence-electron chi connectivity index (χ1n) is 6.60. The summed E-state index contributed by atoms with van der Waals surface area (Å²) in [5, 5.41) is 13.8. The fourth-order valence-corrected chi connectivity index (χ4v) is 4.58. The van der Waals surface area contributed by atoms with Gasteiger partial charge in [-0.2, -0.15) is 0 Å². The third kappa shape index (κ3) is 3.73. The molecule has 1 aromatic heterocycles. The number of halogens is 1. The molecule has 2 heterocycles. The van der Waals surface area contributed by atoms with Crippen LogP contribution in [0.2, 0.25) is 0 Å².